The largest absolute Gasteiger partial charge is 0.310 e. The number of benzene rings is 1. The Labute approximate surface area is 123 Å². The van der Waals surface area contributed by atoms with Crippen LogP contribution in [0.5, 0.6) is 0 Å². The van der Waals surface area contributed by atoms with Crippen LogP contribution in [0.2, 0.25) is 0 Å². The van der Waals surface area contributed by atoms with E-state index in [4.69, 9.17) is 0 Å². The highest BCUT2D eigenvalue weighted by molar-refractivity contribution is 7.99. The van der Waals surface area contributed by atoms with Crippen LogP contribution in [0.25, 0.3) is 0 Å². The van der Waals surface area contributed by atoms with E-state index in [9.17, 15) is 0 Å². The van der Waals surface area contributed by atoms with Gasteiger partial charge in [0.25, 0.3) is 0 Å². The first-order chi connectivity index (χ1) is 9.13. The zero-order chi connectivity index (χ0) is 14.1. The number of hydrogen-bond acceptors (Lipinski definition) is 3. The van der Waals surface area contributed by atoms with Gasteiger partial charge < -0.3 is 10.2 Å². The Hall–Kier alpha value is -0.510. The first kappa shape index (κ1) is 16.5. The van der Waals surface area contributed by atoms with E-state index in [0.29, 0.717) is 6.04 Å². The van der Waals surface area contributed by atoms with Crippen molar-refractivity contribution in [2.75, 3.05) is 32.9 Å². The van der Waals surface area contributed by atoms with Crippen LogP contribution < -0.4 is 5.32 Å². The Morgan fingerprint density at radius 2 is 2.11 bits per heavy atom. The van der Waals surface area contributed by atoms with Crippen molar-refractivity contribution < 1.29 is 0 Å². The van der Waals surface area contributed by atoms with E-state index < -0.39 is 0 Å². The molecule has 1 aromatic rings. The molecule has 1 unspecified atom stereocenters. The first-order valence-electron chi connectivity index (χ1n) is 7.24. The van der Waals surface area contributed by atoms with Gasteiger partial charge in [-0.25, -0.2) is 0 Å². The Morgan fingerprint density at radius 3 is 2.79 bits per heavy atom. The zero-order valence-corrected chi connectivity index (χ0v) is 13.6. The molecule has 3 heteroatoms. The van der Waals surface area contributed by atoms with Crippen LogP contribution in [-0.4, -0.2) is 37.8 Å². The molecule has 0 heterocycles. The molecule has 0 saturated heterocycles. The van der Waals surface area contributed by atoms with Gasteiger partial charge in [0.1, 0.15) is 0 Å². The zero-order valence-electron chi connectivity index (χ0n) is 12.8. The lowest BCUT2D eigenvalue weighted by Crippen LogP contribution is -2.19. The molecule has 0 amide bonds. The maximum atomic E-state index is 3.54. The van der Waals surface area contributed by atoms with Crippen molar-refractivity contribution in [3.8, 4) is 0 Å². The van der Waals surface area contributed by atoms with Gasteiger partial charge in [-0.2, -0.15) is 0 Å². The molecule has 1 atom stereocenters. The third-order valence-corrected chi connectivity index (χ3v) is 4.16. The van der Waals surface area contributed by atoms with Crippen molar-refractivity contribution >= 4 is 11.8 Å². The fourth-order valence-corrected chi connectivity index (χ4v) is 2.83. The van der Waals surface area contributed by atoms with Gasteiger partial charge in [-0.15, -0.1) is 11.8 Å². The summed E-state index contributed by atoms with van der Waals surface area (Å²) in [5.74, 6) is 1.19. The number of nitrogens with one attached hydrogen (secondary N) is 1. The molecular weight excluding hydrogens is 252 g/mol. The standard InChI is InChI=1S/C16H28N2S/c1-5-10-17-14(2)15-8-6-9-16(13-15)19-12-7-11-18(3)4/h6,8-9,13-14,17H,5,7,10-12H2,1-4H3. The lowest BCUT2D eigenvalue weighted by atomic mass is 10.1. The van der Waals surface area contributed by atoms with Crippen LogP contribution >= 0.6 is 11.8 Å². The molecule has 1 aromatic carbocycles. The minimum atomic E-state index is 0.447. The topological polar surface area (TPSA) is 15.3 Å². The summed E-state index contributed by atoms with van der Waals surface area (Å²) in [7, 11) is 4.26. The summed E-state index contributed by atoms with van der Waals surface area (Å²) in [4.78, 5) is 3.63. The molecule has 1 N–H and O–H groups in total. The minimum absolute atomic E-state index is 0.447. The van der Waals surface area contributed by atoms with Crippen LogP contribution in [-0.2, 0) is 0 Å². The van der Waals surface area contributed by atoms with Gasteiger partial charge in [0.2, 0.25) is 0 Å². The molecule has 108 valence electrons. The van der Waals surface area contributed by atoms with Crippen LogP contribution in [0.15, 0.2) is 29.2 Å². The van der Waals surface area contributed by atoms with Crippen molar-refractivity contribution in [3.63, 3.8) is 0 Å². The summed E-state index contributed by atoms with van der Waals surface area (Å²) in [5, 5.41) is 3.54. The molecule has 0 spiro atoms. The van der Waals surface area contributed by atoms with Crippen LogP contribution in [0.3, 0.4) is 0 Å². The SMILES string of the molecule is CCCNC(C)c1cccc(SCCCN(C)C)c1. The maximum absolute atomic E-state index is 3.54. The molecule has 0 aliphatic rings. The first-order valence-corrected chi connectivity index (χ1v) is 8.23. The van der Waals surface area contributed by atoms with Gasteiger partial charge in [-0.1, -0.05) is 19.1 Å². The van der Waals surface area contributed by atoms with Crippen molar-refractivity contribution in [3.05, 3.63) is 29.8 Å². The van der Waals surface area contributed by atoms with Crippen LogP contribution in [0.1, 0.15) is 38.3 Å². The van der Waals surface area contributed by atoms with Crippen molar-refractivity contribution in [2.24, 2.45) is 0 Å². The third-order valence-electron chi connectivity index (χ3n) is 3.08. The quantitative estimate of drug-likeness (QED) is 0.547. The molecule has 0 aliphatic heterocycles. The average Bonchev–Trinajstić information content (AvgIpc) is 2.41. The van der Waals surface area contributed by atoms with E-state index in [0.717, 1.165) is 6.54 Å². The highest BCUT2D eigenvalue weighted by Crippen LogP contribution is 2.23. The molecule has 0 bridgehead atoms. The Kier molecular flexibility index (Phi) is 8.19. The van der Waals surface area contributed by atoms with Gasteiger partial charge in [-0.05, 0) is 70.4 Å². The summed E-state index contributed by atoms with van der Waals surface area (Å²) < 4.78 is 0. The molecule has 2 nitrogen and oxygen atoms in total. The summed E-state index contributed by atoms with van der Waals surface area (Å²) in [6.45, 7) is 6.70. The minimum Gasteiger partial charge on any atom is -0.310 e. The normalized spacial score (nSPS) is 12.9. The van der Waals surface area contributed by atoms with Gasteiger partial charge in [-0.3, -0.25) is 0 Å². The molecule has 0 radical (unpaired) electrons. The second kappa shape index (κ2) is 9.40. The van der Waals surface area contributed by atoms with E-state index in [1.54, 1.807) is 0 Å². The summed E-state index contributed by atoms with van der Waals surface area (Å²) in [6, 6.07) is 9.39. The average molecular weight is 280 g/mol. The molecular formula is C16H28N2S. The second-order valence-corrected chi connectivity index (χ2v) is 6.42. The summed E-state index contributed by atoms with van der Waals surface area (Å²) >= 11 is 1.96. The van der Waals surface area contributed by atoms with Gasteiger partial charge in [0.15, 0.2) is 0 Å². The van der Waals surface area contributed by atoms with Crippen molar-refractivity contribution in [1.29, 1.82) is 0 Å². The Morgan fingerprint density at radius 1 is 1.32 bits per heavy atom. The summed E-state index contributed by atoms with van der Waals surface area (Å²) in [6.07, 6.45) is 2.43. The molecule has 0 aliphatic carbocycles. The Bertz CT molecular complexity index is 352. The maximum Gasteiger partial charge on any atom is 0.0292 e. The van der Waals surface area contributed by atoms with Gasteiger partial charge in [0, 0.05) is 10.9 Å². The molecule has 1 rings (SSSR count). The van der Waals surface area contributed by atoms with E-state index in [1.165, 1.54) is 35.6 Å². The lowest BCUT2D eigenvalue weighted by Gasteiger charge is -2.14. The van der Waals surface area contributed by atoms with Crippen molar-refractivity contribution in [2.45, 2.75) is 37.6 Å². The van der Waals surface area contributed by atoms with Crippen LogP contribution in [0, 0.1) is 0 Å². The molecule has 0 aromatic heterocycles. The monoisotopic (exact) mass is 280 g/mol. The fourth-order valence-electron chi connectivity index (χ4n) is 1.92. The number of nitrogens with zero attached hydrogens (tertiary/aromatic N) is 1. The number of rotatable bonds is 9. The van der Waals surface area contributed by atoms with E-state index in [2.05, 4.69) is 62.4 Å². The highest BCUT2D eigenvalue weighted by atomic mass is 32.2. The van der Waals surface area contributed by atoms with E-state index >= 15 is 0 Å². The smallest absolute Gasteiger partial charge is 0.0292 e. The van der Waals surface area contributed by atoms with E-state index in [1.807, 2.05) is 11.8 Å². The van der Waals surface area contributed by atoms with Gasteiger partial charge >= 0.3 is 0 Å². The third kappa shape index (κ3) is 7.00. The fraction of sp³-hybridized carbons (Fsp3) is 0.625. The van der Waals surface area contributed by atoms with E-state index in [-0.39, 0.29) is 0 Å². The molecule has 19 heavy (non-hydrogen) atoms. The number of hydrogen-bond donors (Lipinski definition) is 1. The highest BCUT2D eigenvalue weighted by Gasteiger charge is 2.05. The van der Waals surface area contributed by atoms with Gasteiger partial charge in [0.05, 0.1) is 0 Å². The van der Waals surface area contributed by atoms with Crippen LogP contribution in [0.4, 0.5) is 0 Å². The predicted molar refractivity (Wildman–Crippen MR) is 87.0 cm³/mol. The molecule has 0 fully saturated rings. The predicted octanol–water partition coefficient (Wildman–Crippen LogP) is 3.79. The summed E-state index contributed by atoms with van der Waals surface area (Å²) in [5.41, 5.74) is 1.39. The Balaban J connectivity index is 2.43. The second-order valence-electron chi connectivity index (χ2n) is 5.25. The molecule has 0 saturated carbocycles. The number of thioether (sulfide) groups is 1. The lowest BCUT2D eigenvalue weighted by molar-refractivity contribution is 0.410. The van der Waals surface area contributed by atoms with Crippen molar-refractivity contribution in [1.82, 2.24) is 10.2 Å².